The first-order valence-corrected chi connectivity index (χ1v) is 25.6. The Kier molecular flexibility index (Phi) is 12.5. The fourth-order valence-corrected chi connectivity index (χ4v) is 11.1. The molecule has 0 aliphatic carbocycles. The van der Waals surface area contributed by atoms with Crippen LogP contribution in [-0.4, -0.2) is 9.13 Å². The standard InChI is InChI=1S/C71H29N13/c72-30-41-9-42(31-73)15-55(14-41)51-1-5-66-61(24-51)62-25-52(56-16-43(32-74)10-44(17-56)33-75)2-6-67(62)83(66)70-28-60(59-22-49(38-80)13-50(23-59)39-81)29-71(65(70)40-82)84-68-7-3-53(57-18-45(34-76)11-46(19-57)35-77)26-63(68)64-27-54(4-8-69(64)84)58-20-47(36-78)12-48(21-58)37-79/h1-29H. The van der Waals surface area contributed by atoms with E-state index in [1.807, 2.05) is 94.1 Å². The van der Waals surface area contributed by atoms with E-state index in [0.29, 0.717) is 155 Å². The molecule has 10 aromatic carbocycles. The molecule has 84 heavy (non-hydrogen) atoms. The van der Waals surface area contributed by atoms with Crippen molar-refractivity contribution in [3.05, 3.63) is 237 Å². The van der Waals surface area contributed by atoms with Crippen LogP contribution in [0.4, 0.5) is 0 Å². The van der Waals surface area contributed by atoms with Crippen molar-refractivity contribution in [1.29, 1.82) is 57.9 Å². The third-order valence-electron chi connectivity index (χ3n) is 14.8. The summed E-state index contributed by atoms with van der Waals surface area (Å²) in [5, 5.41) is 115. The fraction of sp³-hybridized carbons (Fsp3) is 0. The highest BCUT2D eigenvalue weighted by atomic mass is 15.0. The Morgan fingerprint density at radius 1 is 0.190 bits per heavy atom. The smallest absolute Gasteiger partial charge is 0.104 e. The summed E-state index contributed by atoms with van der Waals surface area (Å²) < 4.78 is 3.94. The van der Waals surface area contributed by atoms with Gasteiger partial charge >= 0.3 is 0 Å². The maximum Gasteiger partial charge on any atom is 0.104 e. The molecule has 12 rings (SSSR count). The van der Waals surface area contributed by atoms with E-state index >= 15 is 0 Å². The van der Waals surface area contributed by atoms with Gasteiger partial charge in [-0.3, -0.25) is 0 Å². The van der Waals surface area contributed by atoms with Crippen molar-refractivity contribution >= 4 is 43.6 Å². The normalized spacial score (nSPS) is 10.5. The third-order valence-corrected chi connectivity index (χ3v) is 14.8. The van der Waals surface area contributed by atoms with Crippen molar-refractivity contribution in [1.82, 2.24) is 9.13 Å². The molecule has 0 unspecified atom stereocenters. The molecule has 0 N–H and O–H groups in total. The molecule has 0 aliphatic rings. The van der Waals surface area contributed by atoms with Gasteiger partial charge in [0.2, 0.25) is 0 Å². The summed E-state index contributed by atoms with van der Waals surface area (Å²) in [6.07, 6.45) is 0. The maximum absolute atomic E-state index is 11.9. The number of nitrogens with zero attached hydrogens (tertiary/aromatic N) is 13. The molecule has 0 saturated heterocycles. The highest BCUT2D eigenvalue weighted by Gasteiger charge is 2.25. The average Bonchev–Trinajstić information content (AvgIpc) is 1.71. The molecule has 12 aromatic rings. The topological polar surface area (TPSA) is 272 Å². The van der Waals surface area contributed by atoms with E-state index in [1.165, 1.54) is 30.3 Å². The number of aromatic nitrogens is 2. The van der Waals surface area contributed by atoms with Gasteiger partial charge in [-0.15, -0.1) is 0 Å². The lowest BCUT2D eigenvalue weighted by Crippen LogP contribution is -2.05. The fourth-order valence-electron chi connectivity index (χ4n) is 11.1. The number of nitriles is 11. The molecule has 13 heteroatoms. The quantitative estimate of drug-likeness (QED) is 0.145. The van der Waals surface area contributed by atoms with Crippen molar-refractivity contribution in [3.63, 3.8) is 0 Å². The van der Waals surface area contributed by atoms with Gasteiger partial charge in [0.05, 0.1) is 150 Å². The first-order valence-electron chi connectivity index (χ1n) is 25.6. The van der Waals surface area contributed by atoms with Gasteiger partial charge in [0.25, 0.3) is 0 Å². The summed E-state index contributed by atoms with van der Waals surface area (Å²) in [5.74, 6) is 0. The summed E-state index contributed by atoms with van der Waals surface area (Å²) in [4.78, 5) is 0. The van der Waals surface area contributed by atoms with E-state index < -0.39 is 0 Å². The average molecular weight is 1060 g/mol. The molecule has 0 amide bonds. The number of hydrogen-bond donors (Lipinski definition) is 0. The van der Waals surface area contributed by atoms with Crippen LogP contribution in [-0.2, 0) is 0 Å². The second-order valence-corrected chi connectivity index (χ2v) is 19.7. The maximum atomic E-state index is 11.9. The van der Waals surface area contributed by atoms with E-state index in [2.05, 4.69) is 66.8 Å². The summed E-state index contributed by atoms with van der Waals surface area (Å²) in [6.45, 7) is 0. The van der Waals surface area contributed by atoms with E-state index in [4.69, 9.17) is 0 Å². The molecule has 0 spiro atoms. The third kappa shape index (κ3) is 8.69. The lowest BCUT2D eigenvalue weighted by atomic mass is 9.97. The van der Waals surface area contributed by atoms with Gasteiger partial charge in [-0.2, -0.15) is 57.9 Å². The minimum Gasteiger partial charge on any atom is -0.308 e. The molecular formula is C71H29N13. The van der Waals surface area contributed by atoms with Crippen LogP contribution >= 0.6 is 0 Å². The van der Waals surface area contributed by atoms with Crippen LogP contribution in [0, 0.1) is 125 Å². The van der Waals surface area contributed by atoms with Gasteiger partial charge in [-0.1, -0.05) is 24.3 Å². The van der Waals surface area contributed by atoms with Crippen LogP contribution < -0.4 is 0 Å². The van der Waals surface area contributed by atoms with Crippen molar-refractivity contribution in [2.24, 2.45) is 0 Å². The minimum atomic E-state index is 0.205. The Morgan fingerprint density at radius 2 is 0.381 bits per heavy atom. The predicted octanol–water partition coefficient (Wildman–Crippen LogP) is 14.8. The largest absolute Gasteiger partial charge is 0.308 e. The molecule has 378 valence electrons. The van der Waals surface area contributed by atoms with E-state index in [-0.39, 0.29) is 16.7 Å². The number of hydrogen-bond acceptors (Lipinski definition) is 11. The number of fused-ring (bicyclic) bond motifs is 6. The molecule has 2 aromatic heterocycles. The zero-order valence-electron chi connectivity index (χ0n) is 43.6. The zero-order valence-corrected chi connectivity index (χ0v) is 43.6. The predicted molar refractivity (Wildman–Crippen MR) is 314 cm³/mol. The molecule has 0 aliphatic heterocycles. The van der Waals surface area contributed by atoms with Gasteiger partial charge in [0, 0.05) is 21.5 Å². The molecule has 0 radical (unpaired) electrons. The van der Waals surface area contributed by atoms with Gasteiger partial charge in [0.15, 0.2) is 0 Å². The molecular weight excluding hydrogens is 1030 g/mol. The summed E-state index contributed by atoms with van der Waals surface area (Å²) in [7, 11) is 0. The van der Waals surface area contributed by atoms with Crippen LogP contribution in [0.2, 0.25) is 0 Å². The molecule has 2 heterocycles. The lowest BCUT2D eigenvalue weighted by molar-refractivity contribution is 1.12. The van der Waals surface area contributed by atoms with Crippen LogP contribution in [0.15, 0.2) is 176 Å². The van der Waals surface area contributed by atoms with Gasteiger partial charge in [-0.05, 0) is 207 Å². The van der Waals surface area contributed by atoms with E-state index in [0.717, 1.165) is 0 Å². The summed E-state index contributed by atoms with van der Waals surface area (Å²) in [6, 6.07) is 75.4. The van der Waals surface area contributed by atoms with Gasteiger partial charge < -0.3 is 9.13 Å². The van der Waals surface area contributed by atoms with Crippen molar-refractivity contribution in [2.75, 3.05) is 0 Å². The number of rotatable bonds is 7. The lowest BCUT2D eigenvalue weighted by Gasteiger charge is -2.19. The van der Waals surface area contributed by atoms with E-state index in [9.17, 15) is 57.9 Å². The Balaban J connectivity index is 1.21. The van der Waals surface area contributed by atoms with Crippen LogP contribution in [0.3, 0.4) is 0 Å². The summed E-state index contributed by atoms with van der Waals surface area (Å²) >= 11 is 0. The number of benzene rings is 10. The monoisotopic (exact) mass is 1060 g/mol. The second-order valence-electron chi connectivity index (χ2n) is 19.7. The zero-order chi connectivity index (χ0) is 58.3. The van der Waals surface area contributed by atoms with Crippen molar-refractivity contribution < 1.29 is 0 Å². The molecule has 0 atom stereocenters. The van der Waals surface area contributed by atoms with Crippen molar-refractivity contribution in [2.45, 2.75) is 0 Å². The summed E-state index contributed by atoms with van der Waals surface area (Å²) in [5.41, 5.74) is 12.6. The highest BCUT2D eigenvalue weighted by Crippen LogP contribution is 2.44. The first kappa shape index (κ1) is 51.0. The molecule has 0 saturated carbocycles. The Bertz CT molecular complexity index is 4760. The van der Waals surface area contributed by atoms with Crippen LogP contribution in [0.25, 0.3) is 111 Å². The Morgan fingerprint density at radius 3 is 0.571 bits per heavy atom. The SMILES string of the molecule is N#Cc1cc(C#N)cc(-c2cc(-n3c4ccc(-c5cc(C#N)cc(C#N)c5)cc4c4cc(-c5cc(C#N)cc(C#N)c5)ccc43)c(C#N)c(-n3c4ccc(-c5cc(C#N)cc(C#N)c5)cc4c4cc(-c5cc(C#N)cc(C#N)c5)ccc43)c2)c1. The van der Waals surface area contributed by atoms with Crippen LogP contribution in [0.1, 0.15) is 61.2 Å². The Labute approximate surface area is 479 Å². The first-order chi connectivity index (χ1) is 41.0. The molecule has 13 nitrogen and oxygen atoms in total. The highest BCUT2D eigenvalue weighted by molar-refractivity contribution is 6.14. The van der Waals surface area contributed by atoms with Crippen LogP contribution in [0.5, 0.6) is 0 Å². The second kappa shape index (κ2) is 20.5. The van der Waals surface area contributed by atoms with Gasteiger partial charge in [-0.25, -0.2) is 0 Å². The Hall–Kier alpha value is -13.8. The molecule has 0 fully saturated rings. The molecule has 0 bridgehead atoms. The minimum absolute atomic E-state index is 0.205. The van der Waals surface area contributed by atoms with Crippen molar-refractivity contribution in [3.8, 4) is 134 Å². The van der Waals surface area contributed by atoms with Gasteiger partial charge in [0.1, 0.15) is 11.6 Å². The van der Waals surface area contributed by atoms with E-state index in [1.54, 1.807) is 60.7 Å².